The smallest absolute Gasteiger partial charge is 0.0428 e. The normalized spacial score (nSPS) is 17.6. The first kappa shape index (κ1) is 12.2. The zero-order chi connectivity index (χ0) is 12.0. The molecular weight excluding hydrogens is 260 g/mol. The molecule has 0 aliphatic heterocycles. The Kier molecular flexibility index (Phi) is 3.18. The predicted molar refractivity (Wildman–Crippen MR) is 74.5 cm³/mol. The Labute approximate surface area is 108 Å². The molecule has 1 aromatic carbocycles. The number of hydrogen-bond acceptors (Lipinski definition) is 0. The van der Waals surface area contributed by atoms with Gasteiger partial charge in [0.2, 0.25) is 0 Å². The minimum atomic E-state index is 0.575. The second-order valence-electron chi connectivity index (χ2n) is 5.28. The van der Waals surface area contributed by atoms with Gasteiger partial charge in [-0.2, -0.15) is 0 Å². The van der Waals surface area contributed by atoms with E-state index in [0.717, 1.165) is 5.92 Å². The quantitative estimate of drug-likeness (QED) is 0.663. The molecule has 0 spiro atoms. The van der Waals surface area contributed by atoms with Crippen molar-refractivity contribution in [2.24, 2.45) is 5.92 Å². The fourth-order valence-corrected chi connectivity index (χ4v) is 3.78. The maximum atomic E-state index is 3.91. The van der Waals surface area contributed by atoms with Crippen molar-refractivity contribution in [2.45, 2.75) is 52.3 Å². The summed E-state index contributed by atoms with van der Waals surface area (Å²) in [6, 6.07) is 0. The summed E-state index contributed by atoms with van der Waals surface area (Å²) in [5, 5.41) is 0. The van der Waals surface area contributed by atoms with Crippen molar-refractivity contribution in [3.05, 3.63) is 33.4 Å². The molecule has 0 heterocycles. The zero-order valence-electron chi connectivity index (χ0n) is 10.9. The maximum absolute atomic E-state index is 3.91. The van der Waals surface area contributed by atoms with Crippen molar-refractivity contribution in [1.29, 1.82) is 0 Å². The molecule has 0 bridgehead atoms. The van der Waals surface area contributed by atoms with Crippen LogP contribution in [0.2, 0.25) is 0 Å². The van der Waals surface area contributed by atoms with E-state index in [4.69, 9.17) is 0 Å². The molecule has 1 unspecified atom stereocenters. The van der Waals surface area contributed by atoms with E-state index in [1.54, 1.807) is 5.56 Å². The third-order valence-electron chi connectivity index (χ3n) is 4.37. The molecule has 2 rings (SSSR count). The Morgan fingerprint density at radius 1 is 0.812 bits per heavy atom. The van der Waals surface area contributed by atoms with Gasteiger partial charge < -0.3 is 0 Å². The van der Waals surface area contributed by atoms with Crippen LogP contribution in [-0.2, 0) is 0 Å². The van der Waals surface area contributed by atoms with Crippen LogP contribution in [0, 0.1) is 40.5 Å². The number of rotatable bonds is 2. The van der Waals surface area contributed by atoms with Crippen molar-refractivity contribution in [2.75, 3.05) is 0 Å². The van der Waals surface area contributed by atoms with Crippen LogP contribution in [0.5, 0.6) is 0 Å². The van der Waals surface area contributed by atoms with Gasteiger partial charge in [0.25, 0.3) is 0 Å². The lowest BCUT2D eigenvalue weighted by Crippen LogP contribution is -2.05. The molecule has 1 aliphatic carbocycles. The van der Waals surface area contributed by atoms with E-state index >= 15 is 0 Å². The Bertz CT molecular complexity index is 399. The predicted octanol–water partition coefficient (Wildman–Crippen LogP) is 5.07. The number of halogens is 1. The van der Waals surface area contributed by atoms with Crippen molar-refractivity contribution < 1.29 is 0 Å². The summed E-state index contributed by atoms with van der Waals surface area (Å²) < 4.78 is 0. The van der Waals surface area contributed by atoms with E-state index in [1.165, 1.54) is 40.7 Å². The first-order chi connectivity index (χ1) is 7.45. The van der Waals surface area contributed by atoms with E-state index in [1.807, 2.05) is 0 Å². The van der Waals surface area contributed by atoms with Crippen LogP contribution in [0.4, 0.5) is 0 Å². The largest absolute Gasteiger partial charge is 0.0836 e. The van der Waals surface area contributed by atoms with Gasteiger partial charge in [0, 0.05) is 4.83 Å². The molecular formula is C15H21Br. The highest BCUT2D eigenvalue weighted by atomic mass is 79.9. The molecule has 0 saturated heterocycles. The molecule has 1 saturated carbocycles. The molecule has 1 heteroatoms. The van der Waals surface area contributed by atoms with Crippen LogP contribution in [0.25, 0.3) is 0 Å². The van der Waals surface area contributed by atoms with Gasteiger partial charge >= 0.3 is 0 Å². The van der Waals surface area contributed by atoms with Crippen LogP contribution in [-0.4, -0.2) is 0 Å². The first-order valence-corrected chi connectivity index (χ1v) is 7.07. The lowest BCUT2D eigenvalue weighted by molar-refractivity contribution is 0.805. The molecule has 88 valence electrons. The topological polar surface area (TPSA) is 0 Å². The van der Waals surface area contributed by atoms with Gasteiger partial charge in [0.1, 0.15) is 0 Å². The first-order valence-electron chi connectivity index (χ1n) is 6.16. The molecule has 1 aliphatic rings. The van der Waals surface area contributed by atoms with Crippen molar-refractivity contribution >= 4 is 15.9 Å². The van der Waals surface area contributed by atoms with Crippen molar-refractivity contribution in [3.63, 3.8) is 0 Å². The summed E-state index contributed by atoms with van der Waals surface area (Å²) in [5.74, 6) is 0.874. The second kappa shape index (κ2) is 4.18. The summed E-state index contributed by atoms with van der Waals surface area (Å²) in [4.78, 5) is 0.575. The monoisotopic (exact) mass is 280 g/mol. The lowest BCUT2D eigenvalue weighted by Gasteiger charge is -2.22. The highest BCUT2D eigenvalue weighted by molar-refractivity contribution is 9.09. The molecule has 1 atom stereocenters. The summed E-state index contributed by atoms with van der Waals surface area (Å²) in [5.41, 5.74) is 8.97. The van der Waals surface area contributed by atoms with Crippen LogP contribution in [0.15, 0.2) is 0 Å². The minimum Gasteiger partial charge on any atom is -0.0836 e. The number of benzene rings is 1. The standard InChI is InChI=1S/C15H21Br/c1-8-9(2)11(4)14(12(5)10(8)3)15(16)13-6-7-13/h13,15H,6-7H2,1-5H3. The van der Waals surface area contributed by atoms with E-state index in [9.17, 15) is 0 Å². The molecule has 16 heavy (non-hydrogen) atoms. The Balaban J connectivity index is 2.59. The molecule has 1 fully saturated rings. The number of alkyl halides is 1. The summed E-state index contributed by atoms with van der Waals surface area (Å²) >= 11 is 3.91. The summed E-state index contributed by atoms with van der Waals surface area (Å²) in [6.45, 7) is 11.3. The van der Waals surface area contributed by atoms with E-state index in [2.05, 4.69) is 50.5 Å². The molecule has 1 aromatic rings. The average Bonchev–Trinajstić information content (AvgIpc) is 3.07. The minimum absolute atomic E-state index is 0.575. The third kappa shape index (κ3) is 1.84. The SMILES string of the molecule is Cc1c(C)c(C)c(C(Br)C2CC2)c(C)c1C. The third-order valence-corrected chi connectivity index (χ3v) is 5.58. The van der Waals surface area contributed by atoms with Crippen molar-refractivity contribution in [3.8, 4) is 0 Å². The molecule has 0 radical (unpaired) electrons. The molecule has 0 amide bonds. The zero-order valence-corrected chi connectivity index (χ0v) is 12.5. The van der Waals surface area contributed by atoms with Gasteiger partial charge in [-0.3, -0.25) is 0 Å². The van der Waals surface area contributed by atoms with E-state index < -0.39 is 0 Å². The molecule has 0 nitrogen and oxygen atoms in total. The Morgan fingerprint density at radius 2 is 1.19 bits per heavy atom. The van der Waals surface area contributed by atoms with Gasteiger partial charge in [0.05, 0.1) is 0 Å². The van der Waals surface area contributed by atoms with Gasteiger partial charge in [-0.15, -0.1) is 0 Å². The van der Waals surface area contributed by atoms with Gasteiger partial charge in [-0.25, -0.2) is 0 Å². The summed E-state index contributed by atoms with van der Waals surface area (Å²) in [6.07, 6.45) is 2.78. The highest BCUT2D eigenvalue weighted by Gasteiger charge is 2.32. The van der Waals surface area contributed by atoms with E-state index in [0.29, 0.717) is 4.83 Å². The van der Waals surface area contributed by atoms with Crippen molar-refractivity contribution in [1.82, 2.24) is 0 Å². The van der Waals surface area contributed by atoms with E-state index in [-0.39, 0.29) is 0 Å². The van der Waals surface area contributed by atoms with Crippen LogP contribution < -0.4 is 0 Å². The Hall–Kier alpha value is -0.300. The van der Waals surface area contributed by atoms with Gasteiger partial charge in [-0.1, -0.05) is 15.9 Å². The molecule has 0 aromatic heterocycles. The fourth-order valence-electron chi connectivity index (χ4n) is 2.57. The van der Waals surface area contributed by atoms with Crippen LogP contribution in [0.3, 0.4) is 0 Å². The van der Waals surface area contributed by atoms with Crippen LogP contribution in [0.1, 0.15) is 51.0 Å². The lowest BCUT2D eigenvalue weighted by atomic mass is 9.87. The van der Waals surface area contributed by atoms with Crippen LogP contribution >= 0.6 is 15.9 Å². The Morgan fingerprint density at radius 3 is 1.56 bits per heavy atom. The average molecular weight is 281 g/mol. The number of hydrogen-bond donors (Lipinski definition) is 0. The summed E-state index contributed by atoms with van der Waals surface area (Å²) in [7, 11) is 0. The maximum Gasteiger partial charge on any atom is 0.0428 e. The fraction of sp³-hybridized carbons (Fsp3) is 0.600. The van der Waals surface area contributed by atoms with Gasteiger partial charge in [-0.05, 0) is 86.8 Å². The molecule has 0 N–H and O–H groups in total. The highest BCUT2D eigenvalue weighted by Crippen LogP contribution is 2.49. The second-order valence-corrected chi connectivity index (χ2v) is 6.26. The van der Waals surface area contributed by atoms with Gasteiger partial charge in [0.15, 0.2) is 0 Å².